The Kier molecular flexibility index (Phi) is 24.2. The van der Waals surface area contributed by atoms with Gasteiger partial charge in [-0.25, -0.2) is 92.7 Å². The molecule has 4 unspecified atom stereocenters. The Balaban J connectivity index is 0.000000133. The van der Waals surface area contributed by atoms with Crippen LogP contribution in [0.15, 0.2) is 80.8 Å². The molecule has 8 heterocycles. The van der Waals surface area contributed by atoms with Crippen LogP contribution in [0.5, 0.6) is 23.5 Å². The van der Waals surface area contributed by atoms with Gasteiger partial charge in [-0.15, -0.1) is 0 Å². The van der Waals surface area contributed by atoms with Crippen molar-refractivity contribution in [3.05, 3.63) is 139 Å². The smallest absolute Gasteiger partial charge is 0.331 e. The van der Waals surface area contributed by atoms with E-state index in [2.05, 4.69) is 128 Å². The molecule has 0 bridgehead atoms. The Labute approximate surface area is 666 Å². The summed E-state index contributed by atoms with van der Waals surface area (Å²) in [7, 11) is -14.4. The molecule has 0 saturated heterocycles. The third-order valence-electron chi connectivity index (χ3n) is 21.3. The number of hydrogen-bond donors (Lipinski definition) is 12. The molecule has 36 heteroatoms. The topological polar surface area (TPSA) is 436 Å². The molecule has 16 rings (SSSR count). The Hall–Kier alpha value is -10.2. The van der Waals surface area contributed by atoms with Gasteiger partial charge in [-0.05, 0) is 181 Å². The van der Waals surface area contributed by atoms with Crippen LogP contribution in [-0.2, 0) is 117 Å². The molecule has 32 nitrogen and oxygen atoms in total. The van der Waals surface area contributed by atoms with Crippen molar-refractivity contribution >= 4 is 86.5 Å². The maximum atomic E-state index is 13.0. The maximum Gasteiger partial charge on any atom is 0.331 e. The van der Waals surface area contributed by atoms with E-state index >= 15 is 0 Å². The van der Waals surface area contributed by atoms with E-state index < -0.39 is 63.8 Å². The zero-order valence-electron chi connectivity index (χ0n) is 66.2. The first-order valence-electron chi connectivity index (χ1n) is 39.1. The molecule has 4 aromatic heterocycles. The summed E-state index contributed by atoms with van der Waals surface area (Å²) in [5.41, 5.74) is 19.4. The summed E-state index contributed by atoms with van der Waals surface area (Å²) in [5.74, 6) is 1.98. The number of nitrogens with one attached hydrogen (secondary N) is 12. The van der Waals surface area contributed by atoms with Crippen LogP contribution >= 0.6 is 0 Å². The number of anilines is 4. The van der Waals surface area contributed by atoms with Gasteiger partial charge < -0.3 is 40.2 Å². The predicted octanol–water partition coefficient (Wildman–Crippen LogP) is 14.3. The van der Waals surface area contributed by atoms with Crippen LogP contribution in [0.3, 0.4) is 0 Å². The van der Waals surface area contributed by atoms with Gasteiger partial charge >= 0.3 is 24.1 Å². The number of benzene rings is 4. The molecule has 4 aliphatic heterocycles. The fourth-order valence-corrected chi connectivity index (χ4v) is 20.1. The number of carbonyl (C=O) groups excluding carboxylic acids is 4. The van der Waals surface area contributed by atoms with Crippen molar-refractivity contribution in [3.63, 3.8) is 0 Å². The van der Waals surface area contributed by atoms with Crippen LogP contribution in [-0.4, -0.2) is 107 Å². The van der Waals surface area contributed by atoms with Gasteiger partial charge in [-0.2, -0.15) is 20.4 Å². The van der Waals surface area contributed by atoms with Gasteiger partial charge in [0, 0.05) is 74.6 Å². The zero-order valence-corrected chi connectivity index (χ0v) is 69.4. The summed E-state index contributed by atoms with van der Waals surface area (Å²) in [6, 6.07) is 10.2. The van der Waals surface area contributed by atoms with E-state index in [9.17, 15) is 36.0 Å². The number of amides is 8. The van der Waals surface area contributed by atoms with Gasteiger partial charge in [0.15, 0.2) is 39.7 Å². The number of rotatable bonds is 16. The molecule has 0 radical (unpaired) electrons. The van der Waals surface area contributed by atoms with Crippen molar-refractivity contribution in [1.29, 1.82) is 19.1 Å². The molecule has 0 fully saturated rings. The van der Waals surface area contributed by atoms with Gasteiger partial charge in [0.25, 0.3) is 0 Å². The number of nitrogens with zero attached hydrogens (tertiary/aromatic N) is 8. The third kappa shape index (κ3) is 17.7. The number of ether oxygens (including phenoxy) is 4. The van der Waals surface area contributed by atoms with Crippen molar-refractivity contribution in [2.24, 2.45) is 0 Å². The third-order valence-corrected chi connectivity index (χ3v) is 26.8. The summed E-state index contributed by atoms with van der Waals surface area (Å²) in [6.07, 6.45) is 20.9. The molecule has 8 amide bonds. The minimum Gasteiger partial charge on any atom is -0.477 e. The lowest BCUT2D eigenvalue weighted by molar-refractivity contribution is 0.224. The van der Waals surface area contributed by atoms with E-state index in [0.717, 1.165) is 147 Å². The van der Waals surface area contributed by atoms with Crippen LogP contribution in [0.25, 0.3) is 0 Å². The Morgan fingerprint density at radius 3 is 0.781 bits per heavy atom. The zero-order chi connectivity index (χ0) is 81.3. The lowest BCUT2D eigenvalue weighted by Crippen LogP contribution is -2.34. The van der Waals surface area contributed by atoms with Crippen LogP contribution in [0.1, 0.15) is 208 Å². The highest BCUT2D eigenvalue weighted by Gasteiger charge is 2.34. The molecule has 0 saturated carbocycles. The number of aryl methyl sites for hydroxylation is 10. The molecule has 0 spiro atoms. The molecule has 4 atom stereocenters. The fourth-order valence-electron chi connectivity index (χ4n) is 16.0. The molecule has 12 N–H and O–H groups in total. The molecule has 4 aliphatic carbocycles. The van der Waals surface area contributed by atoms with Gasteiger partial charge in [0.05, 0.1) is 51.2 Å². The van der Waals surface area contributed by atoms with E-state index in [4.69, 9.17) is 38.1 Å². The maximum absolute atomic E-state index is 13.0. The molecule has 4 aromatic carbocycles. The van der Waals surface area contributed by atoms with E-state index in [1.807, 2.05) is 38.1 Å². The summed E-state index contributed by atoms with van der Waals surface area (Å²) in [4.78, 5) is 51.3. The minimum atomic E-state index is -3.62. The van der Waals surface area contributed by atoms with Gasteiger partial charge in [-0.1, -0.05) is 103 Å². The Morgan fingerprint density at radius 1 is 0.342 bits per heavy atom. The summed E-state index contributed by atoms with van der Waals surface area (Å²) in [5, 5.41) is 28.0. The van der Waals surface area contributed by atoms with E-state index in [1.54, 1.807) is 18.7 Å². The number of carbonyl (C=O) groups is 4. The van der Waals surface area contributed by atoms with E-state index in [-0.39, 0.29) is 55.0 Å². The number of fused-ring (bicyclic) bond motifs is 8. The lowest BCUT2D eigenvalue weighted by atomic mass is 9.90. The van der Waals surface area contributed by atoms with Crippen LogP contribution in [0.2, 0.25) is 0 Å². The van der Waals surface area contributed by atoms with E-state index in [0.29, 0.717) is 75.7 Å². The summed E-state index contributed by atoms with van der Waals surface area (Å²) in [6.45, 7) is 25.0. The second-order valence-corrected chi connectivity index (χ2v) is 38.2. The highest BCUT2D eigenvalue weighted by molar-refractivity contribution is 7.92. The average molecular weight is 1640 g/mol. The summed E-state index contributed by atoms with van der Waals surface area (Å²) < 4.78 is 123. The molecule has 8 aliphatic rings. The monoisotopic (exact) mass is 1640 g/mol. The van der Waals surface area contributed by atoms with E-state index in [1.165, 1.54) is 69.3 Å². The second-order valence-electron chi connectivity index (χ2n) is 31.1. The van der Waals surface area contributed by atoms with Crippen molar-refractivity contribution in [2.75, 3.05) is 47.7 Å². The highest BCUT2D eigenvalue weighted by atomic mass is 32.2. The summed E-state index contributed by atoms with van der Waals surface area (Å²) >= 11 is 0. The Morgan fingerprint density at radius 2 is 0.561 bits per heavy atom. The standard InChI is InChI=1S/2C20H29N5O3S.2C19H23N5O3S/c2*1-12(2)15-9-14(5)10-16(13(3)4)18(15)23-20(26)24-29(21,27)17-11-22-25-7-6-8-28-19(17)25;2*20-28(26,16-11-21-24-8-3-9-27-18(16)24)23-19(25)22-17-14-6-1-4-12(14)10-13-5-2-7-15(13)17/h2*9-13H,6-8H2,1-5H3,(H3,21,23,24,26,27);2*10-11H,1-9H2,(H3,20,22,23,25,26). The van der Waals surface area contributed by atoms with Gasteiger partial charge in [-0.3, -0.25) is 0 Å². The van der Waals surface area contributed by atoms with Crippen molar-refractivity contribution in [3.8, 4) is 23.5 Å². The number of hydrogen-bond acceptors (Lipinski definition) is 20. The molecule has 8 aromatic rings. The first-order chi connectivity index (χ1) is 54.2. The number of urea groups is 4. The van der Waals surface area contributed by atoms with Crippen molar-refractivity contribution < 1.29 is 55.0 Å². The predicted molar refractivity (Wildman–Crippen MR) is 434 cm³/mol. The van der Waals surface area contributed by atoms with Gasteiger partial charge in [0.1, 0.15) is 19.6 Å². The van der Waals surface area contributed by atoms with Crippen molar-refractivity contribution in [2.45, 2.75) is 241 Å². The van der Waals surface area contributed by atoms with Crippen LogP contribution in [0.4, 0.5) is 41.9 Å². The first kappa shape index (κ1) is 81.8. The van der Waals surface area contributed by atoms with Crippen molar-refractivity contribution in [1.82, 2.24) is 58.0 Å². The molecular formula is C78H104N20O12S4. The SMILES string of the molecule is Cc1cc(C(C)C)c(NC(=O)NS(=N)(=O)c2cnn3c2OCCC3)c(C(C)C)c1.Cc1cc(C(C)C)c(NC(=O)NS(=N)(=O)c2cnn3c2OCCC3)c(C(C)C)c1.N=S(=O)(NC(=O)Nc1c2c(cc3c1CCC3)CCC2)c1cnn2c1OCCC2.N=S(=O)(NC(=O)Nc1c2c(cc3c1CCC3)CCC2)c1cnn2c1OCCC2. The number of aromatic nitrogens is 8. The first-order valence-corrected chi connectivity index (χ1v) is 45.3. The normalized spacial score (nSPS) is 17.3. The quantitative estimate of drug-likeness (QED) is 0.0427. The largest absolute Gasteiger partial charge is 0.477 e. The highest BCUT2D eigenvalue weighted by Crippen LogP contribution is 2.43. The van der Waals surface area contributed by atoms with Crippen LogP contribution < -0.4 is 59.1 Å². The molecule has 612 valence electrons. The molecule has 114 heavy (non-hydrogen) atoms. The molecular weight excluding hydrogens is 1540 g/mol. The second kappa shape index (κ2) is 33.7. The fraction of sp³-hybridized carbons (Fsp3) is 0.487. The average Bonchev–Trinajstić information content (AvgIpc) is 1.36. The lowest BCUT2D eigenvalue weighted by Gasteiger charge is -2.22. The Bertz CT molecular complexity index is 5090. The van der Waals surface area contributed by atoms with Crippen LogP contribution in [0, 0.1) is 33.0 Å². The van der Waals surface area contributed by atoms with Gasteiger partial charge in [0.2, 0.25) is 23.5 Å². The minimum absolute atomic E-state index is 0.0874.